The van der Waals surface area contributed by atoms with Crippen molar-refractivity contribution < 1.29 is 9.47 Å². The molecule has 0 spiro atoms. The van der Waals surface area contributed by atoms with Crippen molar-refractivity contribution in [1.82, 2.24) is 4.98 Å². The van der Waals surface area contributed by atoms with Crippen LogP contribution >= 0.6 is 15.9 Å². The summed E-state index contributed by atoms with van der Waals surface area (Å²) in [6, 6.07) is 4.02. The summed E-state index contributed by atoms with van der Waals surface area (Å²) < 4.78 is 11.7. The first-order chi connectivity index (χ1) is 7.79. The lowest BCUT2D eigenvalue weighted by Gasteiger charge is -2.33. The van der Waals surface area contributed by atoms with Crippen LogP contribution in [0.15, 0.2) is 22.8 Å². The highest BCUT2D eigenvalue weighted by molar-refractivity contribution is 9.10. The number of anilines is 1. The lowest BCUT2D eigenvalue weighted by molar-refractivity contribution is -0.0102. The second-order valence-corrected chi connectivity index (χ2v) is 4.64. The summed E-state index contributed by atoms with van der Waals surface area (Å²) in [7, 11) is 1.69. The Labute approximate surface area is 104 Å². The summed E-state index contributed by atoms with van der Waals surface area (Å²) in [5.41, 5.74) is 0. The lowest BCUT2D eigenvalue weighted by atomic mass is 10.3. The fourth-order valence-corrected chi connectivity index (χ4v) is 2.00. The summed E-state index contributed by atoms with van der Waals surface area (Å²) in [5, 5.41) is 0. The Morgan fingerprint density at radius 2 is 2.50 bits per heavy atom. The minimum atomic E-state index is 0.143. The number of ether oxygens (including phenoxy) is 2. The fraction of sp³-hybridized carbons (Fsp3) is 0.545. The molecule has 1 saturated heterocycles. The number of rotatable bonds is 3. The van der Waals surface area contributed by atoms with Crippen molar-refractivity contribution in [3.8, 4) is 0 Å². The molecule has 0 amide bonds. The van der Waals surface area contributed by atoms with Gasteiger partial charge in [0.2, 0.25) is 0 Å². The van der Waals surface area contributed by atoms with Crippen LogP contribution in [0.4, 0.5) is 5.82 Å². The van der Waals surface area contributed by atoms with Crippen LogP contribution in [-0.4, -0.2) is 44.5 Å². The van der Waals surface area contributed by atoms with Crippen molar-refractivity contribution in [2.24, 2.45) is 0 Å². The Balaban J connectivity index is 2.01. The molecule has 1 unspecified atom stereocenters. The first kappa shape index (κ1) is 11.8. The van der Waals surface area contributed by atoms with Crippen molar-refractivity contribution in [3.05, 3.63) is 22.8 Å². The van der Waals surface area contributed by atoms with Gasteiger partial charge >= 0.3 is 0 Å². The molecule has 0 aliphatic carbocycles. The molecule has 1 aromatic rings. The van der Waals surface area contributed by atoms with Crippen molar-refractivity contribution >= 4 is 21.7 Å². The van der Waals surface area contributed by atoms with E-state index in [1.54, 1.807) is 7.11 Å². The van der Waals surface area contributed by atoms with E-state index in [4.69, 9.17) is 9.47 Å². The number of aromatic nitrogens is 1. The van der Waals surface area contributed by atoms with Gasteiger partial charge in [0.1, 0.15) is 5.82 Å². The molecule has 5 heteroatoms. The van der Waals surface area contributed by atoms with Gasteiger partial charge in [-0.05, 0) is 28.1 Å². The average molecular weight is 287 g/mol. The van der Waals surface area contributed by atoms with E-state index in [-0.39, 0.29) is 6.10 Å². The first-order valence-corrected chi connectivity index (χ1v) is 6.06. The fourth-order valence-electron chi connectivity index (χ4n) is 1.77. The standard InChI is InChI=1S/C11H15BrN2O2/c1-15-8-10-7-14(4-5-16-10)11-3-2-9(12)6-13-11/h2-3,6,10H,4-5,7-8H2,1H3. The Kier molecular flexibility index (Phi) is 4.15. The summed E-state index contributed by atoms with van der Waals surface area (Å²) in [6.45, 7) is 3.08. The van der Waals surface area contributed by atoms with E-state index in [1.165, 1.54) is 0 Å². The molecular weight excluding hydrogens is 272 g/mol. The van der Waals surface area contributed by atoms with E-state index < -0.39 is 0 Å². The summed E-state index contributed by atoms with van der Waals surface area (Å²) in [5.74, 6) is 0.993. The number of nitrogens with zero attached hydrogens (tertiary/aromatic N) is 2. The second kappa shape index (κ2) is 5.61. The third-order valence-corrected chi connectivity index (χ3v) is 3.00. The molecule has 1 atom stereocenters. The van der Waals surface area contributed by atoms with Gasteiger partial charge in [-0.1, -0.05) is 0 Å². The van der Waals surface area contributed by atoms with Crippen LogP contribution in [0, 0.1) is 0 Å². The topological polar surface area (TPSA) is 34.6 Å². The van der Waals surface area contributed by atoms with Gasteiger partial charge in [-0.15, -0.1) is 0 Å². The third-order valence-electron chi connectivity index (χ3n) is 2.53. The van der Waals surface area contributed by atoms with Gasteiger partial charge in [0, 0.05) is 30.9 Å². The Bertz CT molecular complexity index is 329. The van der Waals surface area contributed by atoms with Crippen molar-refractivity contribution in [2.75, 3.05) is 38.3 Å². The van der Waals surface area contributed by atoms with Gasteiger partial charge in [0.15, 0.2) is 0 Å². The molecule has 1 aliphatic heterocycles. The van der Waals surface area contributed by atoms with Gasteiger partial charge in [-0.2, -0.15) is 0 Å². The molecule has 4 nitrogen and oxygen atoms in total. The first-order valence-electron chi connectivity index (χ1n) is 5.26. The molecular formula is C11H15BrN2O2. The predicted octanol–water partition coefficient (Wildman–Crippen LogP) is 1.70. The molecule has 0 aromatic carbocycles. The van der Waals surface area contributed by atoms with Crippen LogP contribution in [0.1, 0.15) is 0 Å². The maximum atomic E-state index is 5.59. The van der Waals surface area contributed by atoms with Crippen LogP contribution in [0.25, 0.3) is 0 Å². The zero-order chi connectivity index (χ0) is 11.4. The van der Waals surface area contributed by atoms with E-state index in [2.05, 4.69) is 25.8 Å². The van der Waals surface area contributed by atoms with Gasteiger partial charge in [-0.3, -0.25) is 0 Å². The number of halogens is 1. The zero-order valence-corrected chi connectivity index (χ0v) is 10.8. The van der Waals surface area contributed by atoms with Gasteiger partial charge < -0.3 is 14.4 Å². The SMILES string of the molecule is COCC1CN(c2ccc(Br)cn2)CCO1. The molecule has 2 heterocycles. The number of methoxy groups -OCH3 is 1. The van der Waals surface area contributed by atoms with Crippen LogP contribution in [-0.2, 0) is 9.47 Å². The molecule has 16 heavy (non-hydrogen) atoms. The number of hydrogen-bond donors (Lipinski definition) is 0. The highest BCUT2D eigenvalue weighted by Crippen LogP contribution is 2.17. The molecule has 2 rings (SSSR count). The van der Waals surface area contributed by atoms with E-state index in [9.17, 15) is 0 Å². The largest absolute Gasteiger partial charge is 0.382 e. The average Bonchev–Trinajstić information content (AvgIpc) is 2.31. The maximum Gasteiger partial charge on any atom is 0.128 e. The van der Waals surface area contributed by atoms with E-state index in [0.29, 0.717) is 6.61 Å². The van der Waals surface area contributed by atoms with Gasteiger partial charge in [-0.25, -0.2) is 4.98 Å². The van der Waals surface area contributed by atoms with Crippen molar-refractivity contribution in [1.29, 1.82) is 0 Å². The van der Waals surface area contributed by atoms with Crippen LogP contribution in [0.3, 0.4) is 0 Å². The predicted molar refractivity (Wildman–Crippen MR) is 65.8 cm³/mol. The summed E-state index contributed by atoms with van der Waals surface area (Å²) in [4.78, 5) is 6.60. The normalized spacial score (nSPS) is 21.1. The number of pyridine rings is 1. The molecule has 1 aliphatic rings. The lowest BCUT2D eigenvalue weighted by Crippen LogP contribution is -2.44. The summed E-state index contributed by atoms with van der Waals surface area (Å²) >= 11 is 3.38. The molecule has 88 valence electrons. The summed E-state index contributed by atoms with van der Waals surface area (Å²) in [6.07, 6.45) is 1.96. The van der Waals surface area contributed by atoms with E-state index in [1.807, 2.05) is 18.3 Å². The molecule has 0 N–H and O–H groups in total. The minimum absolute atomic E-state index is 0.143. The Morgan fingerprint density at radius 3 is 3.19 bits per heavy atom. The van der Waals surface area contributed by atoms with Crippen LogP contribution in [0.5, 0.6) is 0 Å². The highest BCUT2D eigenvalue weighted by atomic mass is 79.9. The third kappa shape index (κ3) is 2.93. The smallest absolute Gasteiger partial charge is 0.128 e. The Hall–Kier alpha value is -0.650. The van der Waals surface area contributed by atoms with E-state index >= 15 is 0 Å². The van der Waals surface area contributed by atoms with Crippen LogP contribution < -0.4 is 4.90 Å². The highest BCUT2D eigenvalue weighted by Gasteiger charge is 2.21. The monoisotopic (exact) mass is 286 g/mol. The van der Waals surface area contributed by atoms with Gasteiger partial charge in [0.05, 0.1) is 19.3 Å². The molecule has 0 bridgehead atoms. The van der Waals surface area contributed by atoms with Gasteiger partial charge in [0.25, 0.3) is 0 Å². The number of morpholine rings is 1. The van der Waals surface area contributed by atoms with Crippen molar-refractivity contribution in [3.63, 3.8) is 0 Å². The molecule has 1 fully saturated rings. The van der Waals surface area contributed by atoms with Crippen molar-refractivity contribution in [2.45, 2.75) is 6.10 Å². The number of hydrogen-bond acceptors (Lipinski definition) is 4. The zero-order valence-electron chi connectivity index (χ0n) is 9.23. The maximum absolute atomic E-state index is 5.59. The van der Waals surface area contributed by atoms with E-state index in [0.717, 1.165) is 30.0 Å². The quantitative estimate of drug-likeness (QED) is 0.847. The molecule has 0 saturated carbocycles. The molecule has 1 aromatic heterocycles. The second-order valence-electron chi connectivity index (χ2n) is 3.73. The molecule has 0 radical (unpaired) electrons. The Morgan fingerprint density at radius 1 is 1.62 bits per heavy atom. The van der Waals surface area contributed by atoms with Crippen LogP contribution in [0.2, 0.25) is 0 Å². The minimum Gasteiger partial charge on any atom is -0.382 e.